The maximum atomic E-state index is 12.2. The first-order valence-electron chi connectivity index (χ1n) is 6.93. The summed E-state index contributed by atoms with van der Waals surface area (Å²) in [6.07, 6.45) is 3.04. The smallest absolute Gasteiger partial charge is 0.254 e. The number of nitrogens with two attached hydrogens (primary N) is 1. The molecule has 1 heterocycles. The summed E-state index contributed by atoms with van der Waals surface area (Å²) in [5.74, 6) is 0.438. The molecule has 0 bridgehead atoms. The zero-order chi connectivity index (χ0) is 13.5. The van der Waals surface area contributed by atoms with E-state index < -0.39 is 5.60 Å². The van der Waals surface area contributed by atoms with Crippen molar-refractivity contribution in [2.45, 2.75) is 24.9 Å². The lowest BCUT2D eigenvalue weighted by atomic mass is 9.88. The molecule has 4 heteroatoms. The summed E-state index contributed by atoms with van der Waals surface area (Å²) in [4.78, 5) is 13.9. The van der Waals surface area contributed by atoms with Gasteiger partial charge in [0.15, 0.2) is 0 Å². The number of hydrogen-bond donors (Lipinski definition) is 2. The van der Waals surface area contributed by atoms with E-state index in [-0.39, 0.29) is 5.91 Å². The fourth-order valence-corrected chi connectivity index (χ4v) is 2.80. The predicted octanol–water partition coefficient (Wildman–Crippen LogP) is 0.785. The van der Waals surface area contributed by atoms with Crippen LogP contribution < -0.4 is 5.73 Å². The van der Waals surface area contributed by atoms with E-state index >= 15 is 0 Å². The van der Waals surface area contributed by atoms with Gasteiger partial charge in [0, 0.05) is 5.56 Å². The maximum absolute atomic E-state index is 12.2. The van der Waals surface area contributed by atoms with E-state index in [0.717, 1.165) is 24.8 Å². The molecule has 0 radical (unpaired) electrons. The van der Waals surface area contributed by atoms with Crippen LogP contribution >= 0.6 is 0 Å². The summed E-state index contributed by atoms with van der Waals surface area (Å²) in [7, 11) is 0. The lowest BCUT2D eigenvalue weighted by Gasteiger charge is -2.47. The first-order valence-corrected chi connectivity index (χ1v) is 6.93. The summed E-state index contributed by atoms with van der Waals surface area (Å²) in [6.45, 7) is 1.59. The lowest BCUT2D eigenvalue weighted by molar-refractivity contribution is -0.0958. The Hall–Kier alpha value is -1.39. The van der Waals surface area contributed by atoms with E-state index in [1.165, 1.54) is 0 Å². The third kappa shape index (κ3) is 2.38. The maximum Gasteiger partial charge on any atom is 0.254 e. The van der Waals surface area contributed by atoms with Gasteiger partial charge in [0.1, 0.15) is 5.60 Å². The Kier molecular flexibility index (Phi) is 3.07. The van der Waals surface area contributed by atoms with Gasteiger partial charge in [-0.2, -0.15) is 0 Å². The Labute approximate surface area is 113 Å². The average molecular weight is 260 g/mol. The summed E-state index contributed by atoms with van der Waals surface area (Å²) in [5.41, 5.74) is 6.74. The molecule has 0 atom stereocenters. The van der Waals surface area contributed by atoms with E-state index in [1.807, 2.05) is 24.3 Å². The minimum atomic E-state index is -0.602. The second-order valence-corrected chi connectivity index (χ2v) is 5.77. The number of rotatable bonds is 4. The summed E-state index contributed by atoms with van der Waals surface area (Å²) < 4.78 is 0. The number of nitrogens with zero attached hydrogens (tertiary/aromatic N) is 1. The van der Waals surface area contributed by atoms with Crippen molar-refractivity contribution in [3.63, 3.8) is 0 Å². The molecule has 1 aliphatic carbocycles. The van der Waals surface area contributed by atoms with Gasteiger partial charge in [0.2, 0.25) is 0 Å². The molecule has 0 unspecified atom stereocenters. The number of carbonyl (C=O) groups excluding carboxylic acids is 1. The van der Waals surface area contributed by atoms with Crippen molar-refractivity contribution in [1.82, 2.24) is 4.90 Å². The van der Waals surface area contributed by atoms with Crippen LogP contribution in [0.25, 0.3) is 0 Å². The topological polar surface area (TPSA) is 66.6 Å². The molecule has 4 nitrogen and oxygen atoms in total. The summed E-state index contributed by atoms with van der Waals surface area (Å²) >= 11 is 0. The predicted molar refractivity (Wildman–Crippen MR) is 72.8 cm³/mol. The molecular weight excluding hydrogens is 240 g/mol. The minimum absolute atomic E-state index is 0.0182. The van der Waals surface area contributed by atoms with E-state index in [4.69, 9.17) is 5.73 Å². The first kappa shape index (κ1) is 12.6. The van der Waals surface area contributed by atoms with Crippen LogP contribution in [0.1, 0.15) is 28.8 Å². The third-order valence-electron chi connectivity index (χ3n) is 4.19. The number of carbonyl (C=O) groups is 1. The molecule has 19 heavy (non-hydrogen) atoms. The molecule has 1 saturated heterocycles. The van der Waals surface area contributed by atoms with Crippen LogP contribution in [0.15, 0.2) is 24.3 Å². The summed E-state index contributed by atoms with van der Waals surface area (Å²) in [5, 5.41) is 10.2. The van der Waals surface area contributed by atoms with Crippen LogP contribution in [0.3, 0.4) is 0 Å². The second-order valence-electron chi connectivity index (χ2n) is 5.77. The van der Waals surface area contributed by atoms with Crippen molar-refractivity contribution in [3.8, 4) is 0 Å². The molecule has 0 spiro atoms. The van der Waals surface area contributed by atoms with Gasteiger partial charge in [-0.1, -0.05) is 12.1 Å². The van der Waals surface area contributed by atoms with E-state index in [2.05, 4.69) is 0 Å². The van der Waals surface area contributed by atoms with Gasteiger partial charge in [-0.15, -0.1) is 0 Å². The lowest BCUT2D eigenvalue weighted by Crippen LogP contribution is -2.64. The van der Waals surface area contributed by atoms with Crippen LogP contribution in [0.2, 0.25) is 0 Å². The van der Waals surface area contributed by atoms with E-state index in [9.17, 15) is 9.90 Å². The first-order chi connectivity index (χ1) is 9.12. The van der Waals surface area contributed by atoms with Gasteiger partial charge >= 0.3 is 0 Å². The monoisotopic (exact) mass is 260 g/mol. The molecule has 102 valence electrons. The van der Waals surface area contributed by atoms with Crippen LogP contribution in [0, 0.1) is 5.92 Å². The highest BCUT2D eigenvalue weighted by molar-refractivity contribution is 5.95. The zero-order valence-corrected chi connectivity index (χ0v) is 11.0. The summed E-state index contributed by atoms with van der Waals surface area (Å²) in [6, 6.07) is 7.60. The van der Waals surface area contributed by atoms with Crippen molar-refractivity contribution in [3.05, 3.63) is 35.4 Å². The number of aliphatic hydroxyl groups is 1. The Morgan fingerprint density at radius 3 is 2.47 bits per heavy atom. The van der Waals surface area contributed by atoms with Crippen molar-refractivity contribution in [2.24, 2.45) is 11.7 Å². The van der Waals surface area contributed by atoms with Crippen LogP contribution in [-0.4, -0.2) is 41.1 Å². The molecule has 2 fully saturated rings. The molecule has 2 aliphatic rings. The van der Waals surface area contributed by atoms with Crippen LogP contribution in [0.5, 0.6) is 0 Å². The molecule has 1 aromatic rings. The van der Waals surface area contributed by atoms with Crippen molar-refractivity contribution in [2.75, 3.05) is 19.6 Å². The highest BCUT2D eigenvalue weighted by atomic mass is 16.3. The molecular formula is C15H20N2O2. The highest BCUT2D eigenvalue weighted by Crippen LogP contribution is 2.44. The Morgan fingerprint density at radius 2 is 1.95 bits per heavy atom. The van der Waals surface area contributed by atoms with Gasteiger partial charge < -0.3 is 15.7 Å². The zero-order valence-electron chi connectivity index (χ0n) is 11.0. The van der Waals surface area contributed by atoms with Crippen molar-refractivity contribution >= 4 is 5.91 Å². The average Bonchev–Trinajstić information content (AvgIpc) is 3.20. The van der Waals surface area contributed by atoms with Crippen LogP contribution in [-0.2, 0) is 6.42 Å². The molecule has 1 amide bonds. The van der Waals surface area contributed by atoms with Crippen molar-refractivity contribution in [1.29, 1.82) is 0 Å². The second kappa shape index (κ2) is 4.62. The van der Waals surface area contributed by atoms with Crippen molar-refractivity contribution < 1.29 is 9.90 Å². The fraction of sp³-hybridized carbons (Fsp3) is 0.533. The fourth-order valence-electron chi connectivity index (χ4n) is 2.80. The molecule has 1 saturated carbocycles. The number of β-amino-alcohol motifs (C(OH)–C–C–N with tert-alkyl or cyclic N) is 1. The van der Waals surface area contributed by atoms with Gasteiger partial charge in [0.05, 0.1) is 13.1 Å². The van der Waals surface area contributed by atoms with Gasteiger partial charge in [-0.3, -0.25) is 4.79 Å². The Balaban J connectivity index is 1.61. The number of likely N-dealkylation sites (tertiary alicyclic amines) is 1. The quantitative estimate of drug-likeness (QED) is 0.841. The SMILES string of the molecule is NCCc1ccc(C(=O)N2CC(O)(C3CC3)C2)cc1. The molecule has 1 aliphatic heterocycles. The van der Waals surface area contributed by atoms with E-state index in [0.29, 0.717) is 31.1 Å². The number of benzene rings is 1. The molecule has 3 N–H and O–H groups in total. The van der Waals surface area contributed by atoms with Gasteiger partial charge in [-0.25, -0.2) is 0 Å². The Morgan fingerprint density at radius 1 is 1.32 bits per heavy atom. The largest absolute Gasteiger partial charge is 0.386 e. The third-order valence-corrected chi connectivity index (χ3v) is 4.19. The van der Waals surface area contributed by atoms with Gasteiger partial charge in [-0.05, 0) is 49.4 Å². The normalized spacial score (nSPS) is 21.1. The number of amides is 1. The highest BCUT2D eigenvalue weighted by Gasteiger charge is 2.53. The molecule has 1 aromatic carbocycles. The minimum Gasteiger partial charge on any atom is -0.386 e. The van der Waals surface area contributed by atoms with E-state index in [1.54, 1.807) is 4.90 Å². The van der Waals surface area contributed by atoms with Crippen LogP contribution in [0.4, 0.5) is 0 Å². The molecule has 3 rings (SSSR count). The Bertz CT molecular complexity index is 473. The van der Waals surface area contributed by atoms with Gasteiger partial charge in [0.25, 0.3) is 5.91 Å². The number of hydrogen-bond acceptors (Lipinski definition) is 3. The molecule has 0 aromatic heterocycles. The standard InChI is InChI=1S/C15H20N2O2/c16-8-7-11-1-3-12(4-2-11)14(18)17-9-15(19,10-17)13-5-6-13/h1-4,13,19H,5-10,16H2.